The predicted molar refractivity (Wildman–Crippen MR) is 409 cm³/mol. The summed E-state index contributed by atoms with van der Waals surface area (Å²) in [5.41, 5.74) is -2.54. The summed E-state index contributed by atoms with van der Waals surface area (Å²) in [6.07, 6.45) is -2.38. The minimum atomic E-state index is -2.21. The van der Waals surface area contributed by atoms with Crippen LogP contribution in [-0.4, -0.2) is 192 Å². The number of nitrogens with zero attached hydrogens (tertiary/aromatic N) is 7. The Morgan fingerprint density at radius 3 is 2.12 bits per heavy atom. The lowest BCUT2D eigenvalue weighted by molar-refractivity contribution is -0.129. The van der Waals surface area contributed by atoms with Crippen molar-refractivity contribution in [2.75, 3.05) is 5.75 Å². The molecule has 5 aromatic heterocycles. The van der Waals surface area contributed by atoms with E-state index < -0.39 is 202 Å². The second-order valence-electron chi connectivity index (χ2n) is 26.9. The van der Waals surface area contributed by atoms with E-state index in [2.05, 4.69) is 105 Å². The van der Waals surface area contributed by atoms with Crippen LogP contribution in [0.2, 0.25) is 0 Å². The zero-order chi connectivity index (χ0) is 81.9. The maximum absolute atomic E-state index is 15.3. The summed E-state index contributed by atoms with van der Waals surface area (Å²) in [6.45, 7) is 24.8. The molecular formula is C70H79N19O18S5. The van der Waals surface area contributed by atoms with E-state index in [1.807, 2.05) is 0 Å². The summed E-state index contributed by atoms with van der Waals surface area (Å²) in [7, 11) is 0. The number of amides is 11. The summed E-state index contributed by atoms with van der Waals surface area (Å²) in [4.78, 5) is 202. The summed E-state index contributed by atoms with van der Waals surface area (Å²) >= 11 is 4.39. The van der Waals surface area contributed by atoms with Gasteiger partial charge in [0.25, 0.3) is 41.4 Å². The van der Waals surface area contributed by atoms with Crippen molar-refractivity contribution in [1.29, 1.82) is 0 Å². The van der Waals surface area contributed by atoms with Gasteiger partial charge in [0.05, 0.1) is 76.5 Å². The van der Waals surface area contributed by atoms with Crippen molar-refractivity contribution in [3.63, 3.8) is 0 Å². The van der Waals surface area contributed by atoms with Gasteiger partial charge >= 0.3 is 5.97 Å². The number of ether oxygens (including phenoxy) is 1. The van der Waals surface area contributed by atoms with Gasteiger partial charge in [-0.05, 0) is 71.9 Å². The Morgan fingerprint density at radius 1 is 0.768 bits per heavy atom. The molecule has 13 bridgehead atoms. The molecule has 5 aromatic rings. The van der Waals surface area contributed by atoms with E-state index in [1.165, 1.54) is 80.4 Å². The van der Waals surface area contributed by atoms with Gasteiger partial charge in [0.1, 0.15) is 107 Å². The van der Waals surface area contributed by atoms with Crippen LogP contribution < -0.4 is 64.2 Å². The Kier molecular flexibility index (Phi) is 25.7. The molecule has 0 aromatic carbocycles. The van der Waals surface area contributed by atoms with Crippen LogP contribution in [0.3, 0.4) is 0 Å². The van der Waals surface area contributed by atoms with E-state index >= 15 is 9.59 Å². The number of pyridine rings is 1. The van der Waals surface area contributed by atoms with Crippen LogP contribution in [0.4, 0.5) is 0 Å². The average molecular weight is 1630 g/mol. The third-order valence-electron chi connectivity index (χ3n) is 18.5. The normalized spacial score (nSPS) is 25.9. The van der Waals surface area contributed by atoms with Gasteiger partial charge in [-0.25, -0.2) is 29.7 Å². The molecule has 0 saturated carbocycles. The monoisotopic (exact) mass is 1630 g/mol. The van der Waals surface area contributed by atoms with Crippen molar-refractivity contribution in [1.82, 2.24) is 83.4 Å². The van der Waals surface area contributed by atoms with E-state index in [0.717, 1.165) is 57.1 Å². The second kappa shape index (κ2) is 34.4. The highest BCUT2D eigenvalue weighted by molar-refractivity contribution is 8.14. The molecule has 5 aliphatic rings. The van der Waals surface area contributed by atoms with Gasteiger partial charge in [0, 0.05) is 32.8 Å². The zero-order valence-corrected chi connectivity index (χ0v) is 65.2. The predicted octanol–water partition coefficient (Wildman–Crippen LogP) is -0.0520. The number of primary amides is 1. The van der Waals surface area contributed by atoms with E-state index in [9.17, 15) is 73.5 Å². The minimum Gasteiger partial charge on any atom is -0.455 e. The highest BCUT2D eigenvalue weighted by Crippen LogP contribution is 2.48. The van der Waals surface area contributed by atoms with Gasteiger partial charge in [-0.1, -0.05) is 58.4 Å². The van der Waals surface area contributed by atoms with Gasteiger partial charge < -0.3 is 89.2 Å². The number of aliphatic hydroxyl groups is 5. The molecule has 112 heavy (non-hydrogen) atoms. The zero-order valence-electron chi connectivity index (χ0n) is 61.1. The number of allylic oxidation sites excluding steroid dienone is 1. The molecule has 0 saturated heterocycles. The van der Waals surface area contributed by atoms with E-state index in [-0.39, 0.29) is 89.0 Å². The lowest BCUT2D eigenvalue weighted by Crippen LogP contribution is -2.57. The highest BCUT2D eigenvalue weighted by atomic mass is 32.2. The van der Waals surface area contributed by atoms with Crippen LogP contribution in [-0.2, 0) is 55.2 Å². The fourth-order valence-corrected chi connectivity index (χ4v) is 16.7. The molecule has 4 aliphatic heterocycles. The standard InChI is InChI=1S/C70H79N19O18S5/c1-13-36-63-82-43(22-108-63)60(102)88-51(69(12,106)33(11)92)66-84-42(23-111-66)58(100)87-47-32(10)107-67(105)39-18-34(19-90)35-14-15-37(49(93)48(35)78-39)77-45(25(2)3)61(103)76-29(7)55(97)73-27(5)54(96)74-30(8)56(98)89-70(68-85-44(24-112-68)59(101)86-46(31(9)91)62(104)80-36)17-16-38(79-50(70)40-20-110-65(47)81-40)64-83-41(21-109-64)57(99)75-28(6)53(95)72-26(4)52(71)94/h13-15,18,20-21,23-25,30-33,37,43,45-47,49-51,77,90-93,106H,4-7,16-17,19,22H2,1-3,8-12H3,(H2,71,94)(H,72,95)(H,73,97)(H,74,96)(H,75,99)(H,76,103)(H,80,104)(H,86,101)(H,87,100)(H,88,102)(H,89,98)/b36-13-/t30-,31-,32+,33-,37+,43-,45-,46-,47-,49-,50-,51-,69-,70+/m0/s1. The molecule has 0 radical (unpaired) electrons. The molecule has 0 unspecified atom stereocenters. The fourth-order valence-electron chi connectivity index (χ4n) is 11.9. The van der Waals surface area contributed by atoms with E-state index in [4.69, 9.17) is 25.4 Å². The van der Waals surface area contributed by atoms with Crippen molar-refractivity contribution in [3.8, 4) is 0 Å². The maximum Gasteiger partial charge on any atom is 0.357 e. The number of aliphatic hydroxyl groups excluding tert-OH is 4. The SMILES string of the molecule is C=C(NC(=O)C(=C)NC(=O)c1csc(C2=N[C@H]3c4csc(n4)[C@H]4NC(=O)c5csc(n5)[C@@H]([C@@](C)(O)[C@H](C)O)NC(=O)[C@@H]5CSC(=N5)/C(=C/C)NC(=O)[C@H]([C@H](C)O)NC(=O)c5csc(n5)[C@]3(CC2)NC(=O)[C@H](C)NC(=O)C(=C)NC(=O)C(=C)NC(=O)[C@H](C(C)C)N[C@@H]2C=Cc3c(CO)cc(nc3[C@H]2O)C(=O)O[C@@H]4C)n1)C(N)=O. The molecule has 37 nitrogen and oxygen atoms in total. The number of carbonyl (C=O) groups excluding carboxylic acids is 12. The topological polar surface area (TPSA) is 563 Å². The Hall–Kier alpha value is -10.8. The molecule has 42 heteroatoms. The molecular weight excluding hydrogens is 1560 g/mol. The third kappa shape index (κ3) is 18.1. The lowest BCUT2D eigenvalue weighted by Gasteiger charge is -2.41. The lowest BCUT2D eigenvalue weighted by atomic mass is 9.80. The van der Waals surface area contributed by atoms with Crippen molar-refractivity contribution in [3.05, 3.63) is 160 Å². The number of rotatable bonds is 11. The molecule has 592 valence electrons. The van der Waals surface area contributed by atoms with Gasteiger partial charge in [0.15, 0.2) is 0 Å². The first kappa shape index (κ1) is 83.7. The van der Waals surface area contributed by atoms with Gasteiger partial charge in [-0.15, -0.1) is 57.1 Å². The van der Waals surface area contributed by atoms with Crippen LogP contribution in [0.5, 0.6) is 0 Å². The largest absolute Gasteiger partial charge is 0.455 e. The average Bonchev–Trinajstić information content (AvgIpc) is 1.46. The van der Waals surface area contributed by atoms with Crippen LogP contribution in [0.15, 0.2) is 105 Å². The number of hydrogen-bond donors (Lipinski definition) is 17. The smallest absolute Gasteiger partial charge is 0.357 e. The Balaban J connectivity index is 1.17. The van der Waals surface area contributed by atoms with Gasteiger partial charge in [0.2, 0.25) is 23.6 Å². The van der Waals surface area contributed by atoms with Crippen molar-refractivity contribution in [2.24, 2.45) is 21.6 Å². The molecule has 14 atom stereocenters. The third-order valence-corrected chi connectivity index (χ3v) is 23.3. The van der Waals surface area contributed by atoms with E-state index in [1.54, 1.807) is 20.8 Å². The van der Waals surface area contributed by atoms with Gasteiger partial charge in [-0.3, -0.25) is 68.0 Å². The number of nitrogens with one attached hydrogen (secondary N) is 11. The van der Waals surface area contributed by atoms with Crippen LogP contribution in [0.1, 0.15) is 177 Å². The highest BCUT2D eigenvalue weighted by Gasteiger charge is 2.51. The van der Waals surface area contributed by atoms with E-state index in [0.29, 0.717) is 0 Å². The van der Waals surface area contributed by atoms with Crippen molar-refractivity contribution < 1.29 is 87.8 Å². The number of thiazole rings is 4. The first-order valence-electron chi connectivity index (χ1n) is 34.3. The molecule has 0 spiro atoms. The van der Waals surface area contributed by atoms with Gasteiger partial charge in [-0.2, -0.15) is 0 Å². The summed E-state index contributed by atoms with van der Waals surface area (Å²) in [5.74, 6) is -12.7. The number of aliphatic imine (C=N–C) groups is 2. The van der Waals surface area contributed by atoms with Crippen molar-refractivity contribution in [2.45, 2.75) is 159 Å². The summed E-state index contributed by atoms with van der Waals surface area (Å²) in [6, 6.07) is -10.4. The number of esters is 1. The maximum atomic E-state index is 15.3. The number of nitrogens with two attached hydrogens (primary N) is 1. The summed E-state index contributed by atoms with van der Waals surface area (Å²) in [5, 5.41) is 90.8. The molecule has 11 amide bonds. The Labute approximate surface area is 658 Å². The molecule has 18 N–H and O–H groups in total. The number of fused-ring (bicyclic) bond motifs is 7. The number of aromatic nitrogens is 5. The van der Waals surface area contributed by atoms with Crippen molar-refractivity contribution >= 4 is 145 Å². The van der Waals surface area contributed by atoms with Crippen LogP contribution in [0, 0.1) is 5.92 Å². The number of cyclic esters (lactones) is 1. The fraction of sp³-hybridized carbons (Fsp3) is 0.386. The molecule has 10 rings (SSSR count). The number of thioether (sulfide) groups is 1. The number of hydrogen-bond acceptors (Lipinski definition) is 31. The second-order valence-corrected chi connectivity index (χ2v) is 31.4. The Morgan fingerprint density at radius 2 is 1.45 bits per heavy atom. The van der Waals surface area contributed by atoms with Crippen LogP contribution in [0.25, 0.3) is 6.08 Å². The van der Waals surface area contributed by atoms with Crippen LogP contribution >= 0.6 is 57.1 Å². The summed E-state index contributed by atoms with van der Waals surface area (Å²) < 4.78 is 6.20. The first-order valence-corrected chi connectivity index (χ1v) is 38.8. The minimum absolute atomic E-state index is 0.0176. The number of carbonyl (C=O) groups is 12. The molecule has 1 aliphatic carbocycles. The Bertz CT molecular complexity index is 4880. The first-order chi connectivity index (χ1) is 52.8. The quantitative estimate of drug-likeness (QED) is 0.0609. The molecule has 9 heterocycles. The molecule has 0 fully saturated rings.